The van der Waals surface area contributed by atoms with Gasteiger partial charge in [-0.15, -0.1) is 5.10 Å². The number of methoxy groups -OCH3 is 1. The molecule has 1 heterocycles. The van der Waals surface area contributed by atoms with Gasteiger partial charge in [0.05, 0.1) is 12.8 Å². The number of carbonyl (C=O) groups excluding carboxylic acids is 1. The van der Waals surface area contributed by atoms with Gasteiger partial charge in [0.2, 0.25) is 5.88 Å². The molecule has 6 heteroatoms. The van der Waals surface area contributed by atoms with Crippen LogP contribution in [0.15, 0.2) is 60.7 Å². The third-order valence-corrected chi connectivity index (χ3v) is 3.44. The fourth-order valence-electron chi connectivity index (χ4n) is 2.14. The Kier molecular flexibility index (Phi) is 4.89. The van der Waals surface area contributed by atoms with Crippen LogP contribution in [0.3, 0.4) is 0 Å². The monoisotopic (exact) mass is 335 g/mol. The minimum atomic E-state index is -0.213. The molecule has 25 heavy (non-hydrogen) atoms. The zero-order valence-corrected chi connectivity index (χ0v) is 13.9. The van der Waals surface area contributed by atoms with Gasteiger partial charge in [-0.3, -0.25) is 4.79 Å². The lowest BCUT2D eigenvalue weighted by Gasteiger charge is -2.08. The predicted molar refractivity (Wildman–Crippen MR) is 94.2 cm³/mol. The van der Waals surface area contributed by atoms with Gasteiger partial charge in [0.15, 0.2) is 0 Å². The molecule has 0 spiro atoms. The van der Waals surface area contributed by atoms with E-state index in [1.54, 1.807) is 49.6 Å². The van der Waals surface area contributed by atoms with Crippen molar-refractivity contribution >= 4 is 11.6 Å². The maximum Gasteiger partial charge on any atom is 0.255 e. The van der Waals surface area contributed by atoms with E-state index in [9.17, 15) is 4.79 Å². The molecule has 0 saturated heterocycles. The zero-order chi connectivity index (χ0) is 17.6. The Morgan fingerprint density at radius 1 is 0.960 bits per heavy atom. The number of aryl methyl sites for hydroxylation is 1. The number of hydrogen-bond donors (Lipinski definition) is 1. The van der Waals surface area contributed by atoms with E-state index in [1.807, 2.05) is 25.1 Å². The van der Waals surface area contributed by atoms with Crippen molar-refractivity contribution in [3.8, 4) is 17.4 Å². The van der Waals surface area contributed by atoms with Crippen molar-refractivity contribution in [3.63, 3.8) is 0 Å². The predicted octanol–water partition coefficient (Wildman–Crippen LogP) is 3.84. The van der Waals surface area contributed by atoms with Crippen LogP contribution in [0, 0.1) is 6.92 Å². The van der Waals surface area contributed by atoms with Crippen LogP contribution in [-0.2, 0) is 0 Å². The molecule has 0 atom stereocenters. The average molecular weight is 335 g/mol. The molecule has 0 saturated carbocycles. The second-order valence-electron chi connectivity index (χ2n) is 5.33. The number of benzene rings is 2. The molecule has 0 aliphatic carbocycles. The van der Waals surface area contributed by atoms with Crippen molar-refractivity contribution in [1.82, 2.24) is 10.2 Å². The Morgan fingerprint density at radius 2 is 1.76 bits per heavy atom. The summed E-state index contributed by atoms with van der Waals surface area (Å²) < 4.78 is 10.7. The van der Waals surface area contributed by atoms with E-state index in [-0.39, 0.29) is 5.91 Å². The van der Waals surface area contributed by atoms with E-state index in [2.05, 4.69) is 15.5 Å². The second kappa shape index (κ2) is 7.44. The summed E-state index contributed by atoms with van der Waals surface area (Å²) in [4.78, 5) is 12.3. The van der Waals surface area contributed by atoms with Gasteiger partial charge in [0, 0.05) is 23.4 Å². The van der Waals surface area contributed by atoms with Crippen molar-refractivity contribution in [2.45, 2.75) is 6.92 Å². The molecule has 126 valence electrons. The van der Waals surface area contributed by atoms with E-state index in [4.69, 9.17) is 9.47 Å². The molecule has 3 aromatic rings. The number of ether oxygens (including phenoxy) is 2. The Labute approximate surface area is 145 Å². The van der Waals surface area contributed by atoms with Crippen LogP contribution in [0.4, 0.5) is 5.69 Å². The zero-order valence-electron chi connectivity index (χ0n) is 13.9. The number of nitrogens with one attached hydrogen (secondary N) is 1. The lowest BCUT2D eigenvalue weighted by atomic mass is 10.2. The summed E-state index contributed by atoms with van der Waals surface area (Å²) in [6.07, 6.45) is 0. The maximum atomic E-state index is 12.3. The summed E-state index contributed by atoms with van der Waals surface area (Å²) in [6.45, 7) is 1.85. The summed E-state index contributed by atoms with van der Waals surface area (Å²) >= 11 is 0. The number of carbonyl (C=O) groups is 1. The van der Waals surface area contributed by atoms with Crippen LogP contribution in [0.1, 0.15) is 16.1 Å². The molecule has 1 amide bonds. The fourth-order valence-corrected chi connectivity index (χ4v) is 2.14. The third-order valence-electron chi connectivity index (χ3n) is 3.44. The van der Waals surface area contributed by atoms with Gasteiger partial charge < -0.3 is 14.8 Å². The highest BCUT2D eigenvalue weighted by molar-refractivity contribution is 6.04. The van der Waals surface area contributed by atoms with Crippen LogP contribution in [-0.4, -0.2) is 23.2 Å². The Bertz CT molecular complexity index is 862. The molecular weight excluding hydrogens is 318 g/mol. The normalized spacial score (nSPS) is 10.2. The molecule has 0 bridgehead atoms. The highest BCUT2D eigenvalue weighted by Gasteiger charge is 2.07. The maximum absolute atomic E-state index is 12.3. The van der Waals surface area contributed by atoms with Crippen LogP contribution < -0.4 is 14.8 Å². The lowest BCUT2D eigenvalue weighted by Crippen LogP contribution is -2.11. The second-order valence-corrected chi connectivity index (χ2v) is 5.33. The highest BCUT2D eigenvalue weighted by Crippen LogP contribution is 2.21. The van der Waals surface area contributed by atoms with Crippen molar-refractivity contribution in [2.24, 2.45) is 0 Å². The topological polar surface area (TPSA) is 73.3 Å². The van der Waals surface area contributed by atoms with Crippen molar-refractivity contribution < 1.29 is 14.3 Å². The average Bonchev–Trinajstić information content (AvgIpc) is 2.64. The fraction of sp³-hybridized carbons (Fsp3) is 0.105. The first-order valence-corrected chi connectivity index (χ1v) is 7.68. The highest BCUT2D eigenvalue weighted by atomic mass is 16.5. The molecule has 0 radical (unpaired) electrons. The van der Waals surface area contributed by atoms with Gasteiger partial charge in [0.25, 0.3) is 5.91 Å². The van der Waals surface area contributed by atoms with Gasteiger partial charge in [-0.25, -0.2) is 0 Å². The third kappa shape index (κ3) is 4.32. The molecule has 0 aliphatic rings. The van der Waals surface area contributed by atoms with E-state index in [0.29, 0.717) is 28.6 Å². The summed E-state index contributed by atoms with van der Waals surface area (Å²) in [7, 11) is 1.58. The quantitative estimate of drug-likeness (QED) is 0.767. The van der Waals surface area contributed by atoms with Gasteiger partial charge >= 0.3 is 0 Å². The van der Waals surface area contributed by atoms with Gasteiger partial charge in [-0.05, 0) is 49.4 Å². The molecule has 3 rings (SSSR count). The SMILES string of the molecule is COc1cccc(NC(=O)c2ccc(Oc3ccc(C)nn3)cc2)c1. The molecule has 0 aliphatic heterocycles. The Balaban J connectivity index is 1.66. The first-order valence-electron chi connectivity index (χ1n) is 7.68. The molecule has 0 unspecified atom stereocenters. The van der Waals surface area contributed by atoms with Crippen molar-refractivity contribution in [3.05, 3.63) is 71.9 Å². The van der Waals surface area contributed by atoms with Gasteiger partial charge in [0.1, 0.15) is 11.5 Å². The number of hydrogen-bond acceptors (Lipinski definition) is 5. The molecule has 1 N–H and O–H groups in total. The summed E-state index contributed by atoms with van der Waals surface area (Å²) in [5.74, 6) is 1.45. The minimum Gasteiger partial charge on any atom is -0.497 e. The number of anilines is 1. The van der Waals surface area contributed by atoms with E-state index in [1.165, 1.54) is 0 Å². The molecule has 0 fully saturated rings. The number of rotatable bonds is 5. The Hall–Kier alpha value is -3.41. The molecule has 6 nitrogen and oxygen atoms in total. The van der Waals surface area contributed by atoms with Crippen LogP contribution in [0.25, 0.3) is 0 Å². The Morgan fingerprint density at radius 3 is 2.44 bits per heavy atom. The smallest absolute Gasteiger partial charge is 0.255 e. The largest absolute Gasteiger partial charge is 0.497 e. The number of amides is 1. The number of nitrogens with zero attached hydrogens (tertiary/aromatic N) is 2. The molecule has 2 aromatic carbocycles. The van der Waals surface area contributed by atoms with Crippen LogP contribution in [0.5, 0.6) is 17.4 Å². The van der Waals surface area contributed by atoms with E-state index < -0.39 is 0 Å². The van der Waals surface area contributed by atoms with E-state index in [0.717, 1.165) is 5.69 Å². The van der Waals surface area contributed by atoms with Crippen molar-refractivity contribution in [1.29, 1.82) is 0 Å². The number of aromatic nitrogens is 2. The summed E-state index contributed by atoms with van der Waals surface area (Å²) in [5, 5.41) is 10.7. The van der Waals surface area contributed by atoms with Crippen LogP contribution in [0.2, 0.25) is 0 Å². The van der Waals surface area contributed by atoms with Gasteiger partial charge in [-0.2, -0.15) is 5.10 Å². The minimum absolute atomic E-state index is 0.213. The molecular formula is C19H17N3O3. The van der Waals surface area contributed by atoms with Crippen molar-refractivity contribution in [2.75, 3.05) is 12.4 Å². The lowest BCUT2D eigenvalue weighted by molar-refractivity contribution is 0.102. The van der Waals surface area contributed by atoms with Crippen LogP contribution >= 0.6 is 0 Å². The first kappa shape index (κ1) is 16.4. The first-order chi connectivity index (χ1) is 12.1. The summed E-state index contributed by atoms with van der Waals surface area (Å²) in [6, 6.07) is 17.5. The van der Waals surface area contributed by atoms with Gasteiger partial charge in [-0.1, -0.05) is 6.07 Å². The summed E-state index contributed by atoms with van der Waals surface area (Å²) in [5.41, 5.74) is 2.00. The molecule has 1 aromatic heterocycles. The standard InChI is InChI=1S/C19H17N3O3/c1-13-6-11-18(22-21-13)25-16-9-7-14(8-10-16)19(23)20-15-4-3-5-17(12-15)24-2/h3-12H,1-2H3,(H,20,23). The van der Waals surface area contributed by atoms with E-state index >= 15 is 0 Å².